The number of amidine groups is 1. The second kappa shape index (κ2) is 8.83. The summed E-state index contributed by atoms with van der Waals surface area (Å²) in [5, 5.41) is 13.3. The lowest BCUT2D eigenvalue weighted by molar-refractivity contribution is -0.122. The molecule has 0 radical (unpaired) electrons. The topological polar surface area (TPSA) is 110 Å². The molecule has 1 saturated heterocycles. The van der Waals surface area contributed by atoms with Crippen LogP contribution in [0.3, 0.4) is 0 Å². The van der Waals surface area contributed by atoms with Crippen LogP contribution in [0.4, 0.5) is 5.69 Å². The smallest absolute Gasteiger partial charge is 0.326 e. The lowest BCUT2D eigenvalue weighted by atomic mass is 10.2. The Morgan fingerprint density at radius 3 is 2.59 bits per heavy atom. The average Bonchev–Trinajstić information content (AvgIpc) is 3.21. The minimum atomic E-state index is -0.565. The highest BCUT2D eigenvalue weighted by atomic mass is 32.2. The van der Waals surface area contributed by atoms with Gasteiger partial charge >= 0.3 is 5.69 Å². The Balaban J connectivity index is 1.38. The van der Waals surface area contributed by atoms with Gasteiger partial charge in [0, 0.05) is 26.2 Å². The molecule has 10 heteroatoms. The van der Waals surface area contributed by atoms with Crippen LogP contribution in [0.25, 0.3) is 11.0 Å². The summed E-state index contributed by atoms with van der Waals surface area (Å²) in [6.45, 7) is 1.97. The highest BCUT2D eigenvalue weighted by Gasteiger charge is 2.32. The second-order valence-electron chi connectivity index (χ2n) is 7.51. The first-order valence-corrected chi connectivity index (χ1v) is 10.8. The summed E-state index contributed by atoms with van der Waals surface area (Å²) in [5.41, 5.74) is 4.07. The Morgan fingerprint density at radius 1 is 1.12 bits per heavy atom. The van der Waals surface area contributed by atoms with Crippen molar-refractivity contribution in [3.8, 4) is 0 Å². The molecule has 1 aromatic heterocycles. The standard InChI is InChI=1S/C22H22N6O3S/c1-13-4-7-15(8-5-13)24-19(29)11-18-20(30)25-21(32-18)26-23-12-14-6-9-16-17(10-14)28(3)22(31)27(16)2/h4-10,12,18H,11H2,1-3H3,(H,24,29)(H,25,26,30)/b23-12-/t18-/m0/s1. The second-order valence-corrected chi connectivity index (χ2v) is 8.70. The summed E-state index contributed by atoms with van der Waals surface area (Å²) in [5.74, 6) is -0.517. The van der Waals surface area contributed by atoms with Crippen molar-refractivity contribution < 1.29 is 9.59 Å². The van der Waals surface area contributed by atoms with E-state index in [-0.39, 0.29) is 23.9 Å². The Kier molecular flexibility index (Phi) is 5.95. The summed E-state index contributed by atoms with van der Waals surface area (Å²) in [6, 6.07) is 13.0. The van der Waals surface area contributed by atoms with E-state index >= 15 is 0 Å². The van der Waals surface area contributed by atoms with E-state index in [0.29, 0.717) is 10.9 Å². The largest absolute Gasteiger partial charge is 0.328 e. The number of anilines is 1. The van der Waals surface area contributed by atoms with Crippen molar-refractivity contribution in [1.82, 2.24) is 14.5 Å². The van der Waals surface area contributed by atoms with Crippen molar-refractivity contribution in [3.63, 3.8) is 0 Å². The number of carbonyl (C=O) groups excluding carboxylic acids is 2. The number of nitrogens with one attached hydrogen (secondary N) is 2. The SMILES string of the molecule is Cc1ccc(NC(=O)C[C@@H]2S/C(=N\N=C/c3ccc4c(c3)n(C)c(=O)n4C)NC2=O)cc1. The summed E-state index contributed by atoms with van der Waals surface area (Å²) < 4.78 is 3.15. The molecule has 3 aromatic rings. The van der Waals surface area contributed by atoms with Crippen LogP contribution >= 0.6 is 11.8 Å². The third kappa shape index (κ3) is 4.50. The van der Waals surface area contributed by atoms with E-state index in [1.807, 2.05) is 49.4 Å². The lowest BCUT2D eigenvalue weighted by Crippen LogP contribution is -2.28. The zero-order chi connectivity index (χ0) is 22.8. The van der Waals surface area contributed by atoms with Gasteiger partial charge in [0.1, 0.15) is 5.25 Å². The third-order valence-electron chi connectivity index (χ3n) is 5.13. The third-order valence-corrected chi connectivity index (χ3v) is 6.21. The number of imidazole rings is 1. The molecule has 2 N–H and O–H groups in total. The first kappa shape index (κ1) is 21.6. The monoisotopic (exact) mass is 450 g/mol. The molecule has 0 aliphatic carbocycles. The highest BCUT2D eigenvalue weighted by Crippen LogP contribution is 2.23. The molecule has 0 saturated carbocycles. The fourth-order valence-corrected chi connectivity index (χ4v) is 4.28. The molecule has 2 aromatic carbocycles. The van der Waals surface area contributed by atoms with Crippen molar-refractivity contribution in [2.24, 2.45) is 24.3 Å². The zero-order valence-corrected chi connectivity index (χ0v) is 18.6. The van der Waals surface area contributed by atoms with Gasteiger partial charge in [-0.1, -0.05) is 35.5 Å². The van der Waals surface area contributed by atoms with E-state index in [4.69, 9.17) is 0 Å². The normalized spacial score (nSPS) is 17.4. The summed E-state index contributed by atoms with van der Waals surface area (Å²) in [6.07, 6.45) is 1.58. The van der Waals surface area contributed by atoms with Gasteiger partial charge in [0.15, 0.2) is 5.17 Å². The minimum absolute atomic E-state index is 0.0335. The van der Waals surface area contributed by atoms with Gasteiger partial charge in [0.05, 0.1) is 17.2 Å². The van der Waals surface area contributed by atoms with Crippen LogP contribution in [0.15, 0.2) is 57.5 Å². The van der Waals surface area contributed by atoms with Gasteiger partial charge in [-0.15, -0.1) is 5.10 Å². The summed E-state index contributed by atoms with van der Waals surface area (Å²) in [4.78, 5) is 36.5. The number of benzene rings is 2. The maximum Gasteiger partial charge on any atom is 0.328 e. The van der Waals surface area contributed by atoms with Crippen molar-refractivity contribution in [1.29, 1.82) is 0 Å². The molecule has 0 bridgehead atoms. The summed E-state index contributed by atoms with van der Waals surface area (Å²) >= 11 is 1.17. The number of hydrogen-bond acceptors (Lipinski definition) is 6. The average molecular weight is 451 g/mol. The summed E-state index contributed by atoms with van der Waals surface area (Å²) in [7, 11) is 3.44. The number of nitrogens with zero attached hydrogens (tertiary/aromatic N) is 4. The van der Waals surface area contributed by atoms with Crippen LogP contribution in [-0.4, -0.2) is 37.6 Å². The molecule has 1 aliphatic rings. The van der Waals surface area contributed by atoms with Gasteiger partial charge in [-0.05, 0) is 36.8 Å². The van der Waals surface area contributed by atoms with E-state index in [1.165, 1.54) is 11.8 Å². The van der Waals surface area contributed by atoms with Gasteiger partial charge in [0.25, 0.3) is 0 Å². The molecule has 0 unspecified atom stereocenters. The van der Waals surface area contributed by atoms with Crippen molar-refractivity contribution >= 4 is 51.7 Å². The van der Waals surface area contributed by atoms with E-state index in [9.17, 15) is 14.4 Å². The van der Waals surface area contributed by atoms with Crippen LogP contribution in [0, 0.1) is 6.92 Å². The van der Waals surface area contributed by atoms with Crippen molar-refractivity contribution in [2.75, 3.05) is 5.32 Å². The number of hydrogen-bond donors (Lipinski definition) is 2. The Hall–Kier alpha value is -3.66. The number of thioether (sulfide) groups is 1. The molecule has 4 rings (SSSR count). The molecule has 1 fully saturated rings. The predicted molar refractivity (Wildman–Crippen MR) is 127 cm³/mol. The van der Waals surface area contributed by atoms with Crippen LogP contribution in [-0.2, 0) is 23.7 Å². The molecule has 1 atom stereocenters. The highest BCUT2D eigenvalue weighted by molar-refractivity contribution is 8.15. The van der Waals surface area contributed by atoms with Gasteiger partial charge in [0.2, 0.25) is 11.8 Å². The van der Waals surface area contributed by atoms with Crippen molar-refractivity contribution in [3.05, 3.63) is 64.1 Å². The van der Waals surface area contributed by atoms with E-state index in [2.05, 4.69) is 20.8 Å². The van der Waals surface area contributed by atoms with Gasteiger partial charge in [-0.25, -0.2) is 4.79 Å². The Labute approximate surface area is 188 Å². The zero-order valence-electron chi connectivity index (χ0n) is 17.8. The lowest BCUT2D eigenvalue weighted by Gasteiger charge is -2.07. The first-order chi connectivity index (χ1) is 15.3. The maximum absolute atomic E-state index is 12.3. The Morgan fingerprint density at radius 2 is 1.84 bits per heavy atom. The van der Waals surface area contributed by atoms with Crippen LogP contribution in [0.5, 0.6) is 0 Å². The molecule has 2 amide bonds. The fraction of sp³-hybridized carbons (Fsp3) is 0.227. The van der Waals surface area contributed by atoms with Crippen LogP contribution in [0.2, 0.25) is 0 Å². The van der Waals surface area contributed by atoms with E-state index in [1.54, 1.807) is 29.4 Å². The molecular formula is C22H22N6O3S. The van der Waals surface area contributed by atoms with Gasteiger partial charge in [-0.2, -0.15) is 5.10 Å². The van der Waals surface area contributed by atoms with E-state index in [0.717, 1.165) is 22.2 Å². The van der Waals surface area contributed by atoms with Crippen LogP contribution in [0.1, 0.15) is 17.5 Å². The quantitative estimate of drug-likeness (QED) is 0.458. The van der Waals surface area contributed by atoms with Crippen LogP contribution < -0.4 is 16.3 Å². The molecule has 1 aliphatic heterocycles. The number of aromatic nitrogens is 2. The minimum Gasteiger partial charge on any atom is -0.326 e. The molecule has 164 valence electrons. The number of fused-ring (bicyclic) bond motifs is 1. The molecule has 0 spiro atoms. The number of amides is 2. The predicted octanol–water partition coefficient (Wildman–Crippen LogP) is 2.14. The van der Waals surface area contributed by atoms with Gasteiger partial charge < -0.3 is 10.6 Å². The number of carbonyl (C=O) groups is 2. The number of rotatable bonds is 5. The number of aryl methyl sites for hydroxylation is 3. The first-order valence-electron chi connectivity index (χ1n) is 9.92. The molecular weight excluding hydrogens is 428 g/mol. The maximum atomic E-state index is 12.3. The van der Waals surface area contributed by atoms with Gasteiger partial charge in [-0.3, -0.25) is 18.7 Å². The molecule has 9 nitrogen and oxygen atoms in total. The van der Waals surface area contributed by atoms with E-state index < -0.39 is 5.25 Å². The molecule has 32 heavy (non-hydrogen) atoms. The van der Waals surface area contributed by atoms with Crippen molar-refractivity contribution in [2.45, 2.75) is 18.6 Å². The Bertz CT molecular complexity index is 1320. The fourth-order valence-electron chi connectivity index (χ4n) is 3.36. The molecule has 2 heterocycles.